The molecule has 0 amide bonds. The third-order valence-electron chi connectivity index (χ3n) is 3.02. The summed E-state index contributed by atoms with van der Waals surface area (Å²) in [4.78, 5) is 12.9. The Morgan fingerprint density at radius 1 is 1.12 bits per heavy atom. The Hall–Kier alpha value is -1.90. The van der Waals surface area contributed by atoms with Crippen molar-refractivity contribution >= 4 is 11.8 Å². The van der Waals surface area contributed by atoms with Gasteiger partial charge in [-0.25, -0.2) is 8.78 Å². The zero-order valence-corrected chi connectivity index (χ0v) is 14.1. The highest BCUT2D eigenvalue weighted by molar-refractivity contribution is 7.98. The fourth-order valence-corrected chi connectivity index (χ4v) is 2.82. The highest BCUT2D eigenvalue weighted by atomic mass is 32.2. The molecule has 0 atom stereocenters. The second-order valence-corrected chi connectivity index (χ2v) is 5.87. The molecule has 1 aromatic heterocycles. The molecule has 5 nitrogen and oxygen atoms in total. The molecule has 0 N–H and O–H groups in total. The van der Waals surface area contributed by atoms with Crippen LogP contribution in [0.5, 0.6) is 5.75 Å². The van der Waals surface area contributed by atoms with Crippen LogP contribution in [0.3, 0.4) is 0 Å². The number of pyridine rings is 1. The Bertz CT molecular complexity index is 751. The van der Waals surface area contributed by atoms with E-state index in [-0.39, 0.29) is 24.8 Å². The van der Waals surface area contributed by atoms with Crippen molar-refractivity contribution in [2.45, 2.75) is 17.4 Å². The summed E-state index contributed by atoms with van der Waals surface area (Å²) in [6.07, 6.45) is 1.62. The summed E-state index contributed by atoms with van der Waals surface area (Å²) in [5.74, 6) is -1.23. The van der Waals surface area contributed by atoms with E-state index in [0.29, 0.717) is 11.3 Å². The van der Waals surface area contributed by atoms with Gasteiger partial charge in [-0.05, 0) is 17.7 Å². The Morgan fingerprint density at radius 2 is 1.92 bits per heavy atom. The van der Waals surface area contributed by atoms with Crippen LogP contribution in [-0.4, -0.2) is 25.6 Å². The van der Waals surface area contributed by atoms with E-state index in [2.05, 4.69) is 0 Å². The van der Waals surface area contributed by atoms with Gasteiger partial charge in [0.2, 0.25) is 0 Å². The predicted octanol–water partition coefficient (Wildman–Crippen LogP) is 3.01. The van der Waals surface area contributed by atoms with Gasteiger partial charge in [0.25, 0.3) is 5.56 Å². The van der Waals surface area contributed by atoms with Crippen molar-refractivity contribution in [2.24, 2.45) is 0 Å². The van der Waals surface area contributed by atoms with Gasteiger partial charge >= 0.3 is 0 Å². The van der Waals surface area contributed by atoms with Crippen LogP contribution in [0.4, 0.5) is 8.78 Å². The molecule has 0 fully saturated rings. The van der Waals surface area contributed by atoms with Crippen molar-refractivity contribution in [2.75, 3.05) is 21.0 Å². The maximum absolute atomic E-state index is 13.2. The minimum Gasteiger partial charge on any atom is -0.462 e. The molecule has 0 bridgehead atoms. The van der Waals surface area contributed by atoms with E-state index >= 15 is 0 Å². The van der Waals surface area contributed by atoms with Crippen molar-refractivity contribution < 1.29 is 23.0 Å². The van der Waals surface area contributed by atoms with E-state index in [9.17, 15) is 13.6 Å². The first kappa shape index (κ1) is 18.4. The quantitative estimate of drug-likeness (QED) is 0.537. The van der Waals surface area contributed by atoms with Gasteiger partial charge in [0.05, 0.1) is 0 Å². The molecular weight excluding hydrogens is 340 g/mol. The summed E-state index contributed by atoms with van der Waals surface area (Å²) >= 11 is 1.36. The minimum absolute atomic E-state index is 0.0560. The van der Waals surface area contributed by atoms with Gasteiger partial charge in [-0.2, -0.15) is 0 Å². The first-order chi connectivity index (χ1) is 11.5. The van der Waals surface area contributed by atoms with Gasteiger partial charge in [-0.1, -0.05) is 6.07 Å². The first-order valence-electron chi connectivity index (χ1n) is 6.97. The number of hydrogen-bond acceptors (Lipinski definition) is 5. The van der Waals surface area contributed by atoms with E-state index < -0.39 is 11.6 Å². The number of hydrogen-bond donors (Lipinski definition) is 0. The Kier molecular flexibility index (Phi) is 6.77. The van der Waals surface area contributed by atoms with Crippen LogP contribution < -0.4 is 10.3 Å². The van der Waals surface area contributed by atoms with Crippen LogP contribution >= 0.6 is 11.8 Å². The van der Waals surface area contributed by atoms with E-state index in [1.165, 1.54) is 36.6 Å². The largest absolute Gasteiger partial charge is 0.462 e. The van der Waals surface area contributed by atoms with Crippen molar-refractivity contribution in [3.63, 3.8) is 0 Å². The molecule has 0 spiro atoms. The zero-order chi connectivity index (χ0) is 17.5. The Labute approximate surface area is 142 Å². The van der Waals surface area contributed by atoms with Crippen LogP contribution in [0.2, 0.25) is 0 Å². The summed E-state index contributed by atoms with van der Waals surface area (Å²) in [5, 5.41) is 0. The summed E-state index contributed by atoms with van der Waals surface area (Å²) in [6, 6.07) is 5.33. The SMILES string of the molecule is COCOc1cc(SCc2ccc(F)c(F)c2)cn(COC)c1=O. The zero-order valence-electron chi connectivity index (χ0n) is 13.3. The molecule has 0 unspecified atom stereocenters. The van der Waals surface area contributed by atoms with E-state index in [0.717, 1.165) is 17.0 Å². The number of methoxy groups -OCH3 is 2. The smallest absolute Gasteiger partial charge is 0.294 e. The van der Waals surface area contributed by atoms with Crippen molar-refractivity contribution in [1.29, 1.82) is 0 Å². The molecule has 0 saturated heterocycles. The lowest BCUT2D eigenvalue weighted by Crippen LogP contribution is -2.23. The fraction of sp³-hybridized carbons (Fsp3) is 0.312. The molecule has 1 heterocycles. The van der Waals surface area contributed by atoms with Gasteiger partial charge in [-0.15, -0.1) is 11.8 Å². The number of ether oxygens (including phenoxy) is 3. The number of aromatic nitrogens is 1. The summed E-state index contributed by atoms with van der Waals surface area (Å²) < 4.78 is 42.6. The minimum atomic E-state index is -0.887. The summed E-state index contributed by atoms with van der Waals surface area (Å²) in [7, 11) is 2.93. The number of rotatable bonds is 8. The van der Waals surface area contributed by atoms with Crippen LogP contribution in [0.1, 0.15) is 5.56 Å². The highest BCUT2D eigenvalue weighted by Gasteiger charge is 2.10. The lowest BCUT2D eigenvalue weighted by atomic mass is 10.2. The molecule has 2 rings (SSSR count). The molecular formula is C16H17F2NO4S. The molecule has 24 heavy (non-hydrogen) atoms. The lowest BCUT2D eigenvalue weighted by molar-refractivity contribution is 0.0483. The van der Waals surface area contributed by atoms with E-state index in [4.69, 9.17) is 14.2 Å². The number of nitrogens with zero attached hydrogens (tertiary/aromatic N) is 1. The maximum Gasteiger partial charge on any atom is 0.294 e. The van der Waals surface area contributed by atoms with Crippen LogP contribution in [0.25, 0.3) is 0 Å². The lowest BCUT2D eigenvalue weighted by Gasteiger charge is -2.11. The second-order valence-electron chi connectivity index (χ2n) is 4.82. The average molecular weight is 357 g/mol. The van der Waals surface area contributed by atoms with Crippen molar-refractivity contribution in [3.8, 4) is 5.75 Å². The first-order valence-corrected chi connectivity index (χ1v) is 7.95. The molecule has 1 aromatic carbocycles. The molecule has 8 heteroatoms. The third-order valence-corrected chi connectivity index (χ3v) is 4.05. The number of halogens is 2. The molecule has 0 saturated carbocycles. The van der Waals surface area contributed by atoms with Gasteiger partial charge in [0.1, 0.15) is 6.73 Å². The maximum atomic E-state index is 13.2. The molecule has 0 radical (unpaired) electrons. The van der Waals surface area contributed by atoms with Crippen LogP contribution in [-0.2, 0) is 22.0 Å². The summed E-state index contributed by atoms with van der Waals surface area (Å²) in [6.45, 7) is 0.0151. The second kappa shape index (κ2) is 8.81. The molecule has 0 aliphatic carbocycles. The molecule has 2 aromatic rings. The van der Waals surface area contributed by atoms with Gasteiger partial charge < -0.3 is 14.2 Å². The highest BCUT2D eigenvalue weighted by Crippen LogP contribution is 2.25. The van der Waals surface area contributed by atoms with Gasteiger partial charge in [0.15, 0.2) is 24.2 Å². The number of benzene rings is 1. The monoisotopic (exact) mass is 357 g/mol. The topological polar surface area (TPSA) is 49.7 Å². The third kappa shape index (κ3) is 4.80. The fourth-order valence-electron chi connectivity index (χ4n) is 1.92. The molecule has 0 aliphatic heterocycles. The van der Waals surface area contributed by atoms with Crippen LogP contribution in [0.15, 0.2) is 40.2 Å². The summed E-state index contributed by atoms with van der Waals surface area (Å²) in [5.41, 5.74) is 0.286. The van der Waals surface area contributed by atoms with Gasteiger partial charge in [0, 0.05) is 37.1 Å². The molecule has 130 valence electrons. The van der Waals surface area contributed by atoms with E-state index in [1.54, 1.807) is 12.3 Å². The van der Waals surface area contributed by atoms with Crippen molar-refractivity contribution in [1.82, 2.24) is 4.57 Å². The number of thioether (sulfide) groups is 1. The van der Waals surface area contributed by atoms with Crippen LogP contribution in [0, 0.1) is 11.6 Å². The van der Waals surface area contributed by atoms with Gasteiger partial charge in [-0.3, -0.25) is 9.36 Å². The standard InChI is InChI=1S/C16H17F2NO4S/c1-21-9-19-7-12(6-15(16(19)20)23-10-22-2)24-8-11-3-4-13(17)14(18)5-11/h3-7H,8-10H2,1-2H3. The van der Waals surface area contributed by atoms with Crippen molar-refractivity contribution in [3.05, 3.63) is 58.0 Å². The van der Waals surface area contributed by atoms with E-state index in [1.807, 2.05) is 0 Å². The Morgan fingerprint density at radius 3 is 2.58 bits per heavy atom. The Balaban J connectivity index is 2.20. The average Bonchev–Trinajstić information content (AvgIpc) is 2.57. The normalized spacial score (nSPS) is 10.8. The predicted molar refractivity (Wildman–Crippen MR) is 86.1 cm³/mol. The molecule has 0 aliphatic rings.